The summed E-state index contributed by atoms with van der Waals surface area (Å²) in [5.41, 5.74) is 3.23. The molecular formula is C6H10N2O2. The second-order valence-corrected chi connectivity index (χ2v) is 2.19. The summed E-state index contributed by atoms with van der Waals surface area (Å²) in [6.07, 6.45) is 1.76. The Labute approximate surface area is 58.9 Å². The smallest absolute Gasteiger partial charge is 0.240 e. The van der Waals surface area contributed by atoms with Crippen LogP contribution in [-0.2, 0) is 4.79 Å². The third-order valence-corrected chi connectivity index (χ3v) is 1.38. The molecule has 1 aliphatic heterocycles. The van der Waals surface area contributed by atoms with Crippen molar-refractivity contribution in [3.63, 3.8) is 0 Å². The molecule has 0 aromatic carbocycles. The molecule has 0 aliphatic carbocycles. The van der Waals surface area contributed by atoms with E-state index in [-0.39, 0.29) is 12.5 Å². The topological polar surface area (TPSA) is 61.7 Å². The Bertz CT molecular complexity index is 165. The molecule has 4 nitrogen and oxygen atoms in total. The Balaban J connectivity index is 2.40. The van der Waals surface area contributed by atoms with E-state index in [1.54, 1.807) is 0 Å². The first-order valence-electron chi connectivity index (χ1n) is 3.28. The number of hydrogen-bond acceptors (Lipinski definition) is 3. The van der Waals surface area contributed by atoms with Crippen LogP contribution in [-0.4, -0.2) is 23.3 Å². The Morgan fingerprint density at radius 2 is 2.40 bits per heavy atom. The van der Waals surface area contributed by atoms with Gasteiger partial charge in [0.1, 0.15) is 0 Å². The van der Waals surface area contributed by atoms with Gasteiger partial charge in [-0.1, -0.05) is 0 Å². The fraction of sp³-hybridized carbons (Fsp3) is 0.667. The molecule has 0 saturated carbocycles. The van der Waals surface area contributed by atoms with Gasteiger partial charge in [0.05, 0.1) is 0 Å². The van der Waals surface area contributed by atoms with Crippen molar-refractivity contribution in [2.75, 3.05) is 6.61 Å². The summed E-state index contributed by atoms with van der Waals surface area (Å²) in [4.78, 5) is 10.5. The monoisotopic (exact) mass is 142 g/mol. The van der Waals surface area contributed by atoms with Gasteiger partial charge in [0, 0.05) is 25.2 Å². The fourth-order valence-corrected chi connectivity index (χ4v) is 0.821. The van der Waals surface area contributed by atoms with E-state index in [0.717, 1.165) is 5.71 Å². The van der Waals surface area contributed by atoms with Crippen LogP contribution in [0.2, 0.25) is 0 Å². The first kappa shape index (κ1) is 7.21. The lowest BCUT2D eigenvalue weighted by atomic mass is 10.1. The molecule has 0 saturated heterocycles. The number of carbonyl (C=O) groups is 1. The molecule has 0 spiro atoms. The molecule has 0 aromatic heterocycles. The van der Waals surface area contributed by atoms with E-state index in [0.29, 0.717) is 19.3 Å². The number of rotatable bonds is 2. The van der Waals surface area contributed by atoms with Crippen LogP contribution in [0.15, 0.2) is 5.10 Å². The second-order valence-electron chi connectivity index (χ2n) is 2.19. The van der Waals surface area contributed by atoms with Crippen molar-refractivity contribution in [2.45, 2.75) is 19.3 Å². The lowest BCUT2D eigenvalue weighted by Crippen LogP contribution is -2.25. The Hall–Kier alpha value is -0.900. The summed E-state index contributed by atoms with van der Waals surface area (Å²) in [5.74, 6) is -0.0401. The van der Waals surface area contributed by atoms with Crippen molar-refractivity contribution in [1.82, 2.24) is 5.43 Å². The van der Waals surface area contributed by atoms with E-state index in [4.69, 9.17) is 5.11 Å². The highest BCUT2D eigenvalue weighted by molar-refractivity contribution is 5.92. The van der Waals surface area contributed by atoms with Gasteiger partial charge in [0.25, 0.3) is 0 Å². The number of aliphatic hydroxyl groups excluding tert-OH is 1. The molecule has 0 atom stereocenters. The first-order valence-corrected chi connectivity index (χ1v) is 3.28. The molecular weight excluding hydrogens is 132 g/mol. The Morgan fingerprint density at radius 3 is 2.90 bits per heavy atom. The molecule has 0 unspecified atom stereocenters. The van der Waals surface area contributed by atoms with Crippen molar-refractivity contribution in [1.29, 1.82) is 0 Å². The van der Waals surface area contributed by atoms with Crippen LogP contribution in [0.25, 0.3) is 0 Å². The minimum Gasteiger partial charge on any atom is -0.396 e. The van der Waals surface area contributed by atoms with Crippen LogP contribution >= 0.6 is 0 Å². The van der Waals surface area contributed by atoms with Gasteiger partial charge >= 0.3 is 0 Å². The van der Waals surface area contributed by atoms with Crippen LogP contribution in [0, 0.1) is 0 Å². The summed E-state index contributed by atoms with van der Waals surface area (Å²) in [6, 6.07) is 0. The van der Waals surface area contributed by atoms with Crippen LogP contribution in [0.4, 0.5) is 0 Å². The molecule has 10 heavy (non-hydrogen) atoms. The minimum atomic E-state index is -0.0401. The number of hydrogen-bond donors (Lipinski definition) is 2. The average molecular weight is 142 g/mol. The largest absolute Gasteiger partial charge is 0.396 e. The van der Waals surface area contributed by atoms with Crippen molar-refractivity contribution in [3.8, 4) is 0 Å². The molecule has 1 aliphatic rings. The highest BCUT2D eigenvalue weighted by atomic mass is 16.3. The zero-order chi connectivity index (χ0) is 7.40. The maximum Gasteiger partial charge on any atom is 0.240 e. The summed E-state index contributed by atoms with van der Waals surface area (Å²) in [5, 5.41) is 12.2. The summed E-state index contributed by atoms with van der Waals surface area (Å²) >= 11 is 0. The van der Waals surface area contributed by atoms with E-state index in [1.165, 1.54) is 0 Å². The molecule has 1 rings (SSSR count). The Morgan fingerprint density at radius 1 is 1.60 bits per heavy atom. The predicted molar refractivity (Wildman–Crippen MR) is 36.5 cm³/mol. The molecule has 0 aromatic rings. The highest BCUT2D eigenvalue weighted by Crippen LogP contribution is 2.01. The SMILES string of the molecule is O=C1CCC(CCO)=NN1. The first-order chi connectivity index (χ1) is 4.83. The normalized spacial score (nSPS) is 18.1. The van der Waals surface area contributed by atoms with E-state index in [1.807, 2.05) is 0 Å². The number of carbonyl (C=O) groups excluding carboxylic acids is 1. The van der Waals surface area contributed by atoms with E-state index in [9.17, 15) is 4.79 Å². The maximum absolute atomic E-state index is 10.5. The van der Waals surface area contributed by atoms with Gasteiger partial charge in [-0.15, -0.1) is 0 Å². The number of hydrazone groups is 1. The van der Waals surface area contributed by atoms with Gasteiger partial charge in [-0.3, -0.25) is 4.79 Å². The van der Waals surface area contributed by atoms with E-state index < -0.39 is 0 Å². The molecule has 0 radical (unpaired) electrons. The predicted octanol–water partition coefficient (Wildman–Crippen LogP) is -0.365. The highest BCUT2D eigenvalue weighted by Gasteiger charge is 2.09. The van der Waals surface area contributed by atoms with Gasteiger partial charge in [-0.25, -0.2) is 5.43 Å². The van der Waals surface area contributed by atoms with E-state index >= 15 is 0 Å². The number of amides is 1. The maximum atomic E-state index is 10.5. The Kier molecular flexibility index (Phi) is 2.39. The lowest BCUT2D eigenvalue weighted by molar-refractivity contribution is -0.121. The molecule has 1 heterocycles. The van der Waals surface area contributed by atoms with Gasteiger partial charge in [-0.05, 0) is 6.42 Å². The van der Waals surface area contributed by atoms with Crippen LogP contribution < -0.4 is 5.43 Å². The van der Waals surface area contributed by atoms with Crippen molar-refractivity contribution < 1.29 is 9.90 Å². The third-order valence-electron chi connectivity index (χ3n) is 1.38. The quantitative estimate of drug-likeness (QED) is 0.552. The summed E-state index contributed by atoms with van der Waals surface area (Å²) in [7, 11) is 0. The zero-order valence-electron chi connectivity index (χ0n) is 5.63. The van der Waals surface area contributed by atoms with Crippen LogP contribution in [0.5, 0.6) is 0 Å². The molecule has 1 amide bonds. The van der Waals surface area contributed by atoms with Crippen molar-refractivity contribution in [3.05, 3.63) is 0 Å². The van der Waals surface area contributed by atoms with Gasteiger partial charge in [0.2, 0.25) is 5.91 Å². The van der Waals surface area contributed by atoms with Gasteiger partial charge in [-0.2, -0.15) is 5.10 Å². The second kappa shape index (κ2) is 3.31. The molecule has 0 bridgehead atoms. The molecule has 4 heteroatoms. The van der Waals surface area contributed by atoms with E-state index in [2.05, 4.69) is 10.5 Å². The fourth-order valence-electron chi connectivity index (χ4n) is 0.821. The molecule has 56 valence electrons. The zero-order valence-corrected chi connectivity index (χ0v) is 5.63. The molecule has 2 N–H and O–H groups in total. The third kappa shape index (κ3) is 1.80. The number of aliphatic hydroxyl groups is 1. The average Bonchev–Trinajstić information content (AvgIpc) is 1.95. The molecule has 0 fully saturated rings. The standard InChI is InChI=1S/C6H10N2O2/c9-4-3-5-1-2-6(10)8-7-5/h9H,1-4H2,(H,8,10). The van der Waals surface area contributed by atoms with Crippen LogP contribution in [0.1, 0.15) is 19.3 Å². The summed E-state index contributed by atoms with van der Waals surface area (Å²) in [6.45, 7) is 0.106. The van der Waals surface area contributed by atoms with Crippen molar-refractivity contribution in [2.24, 2.45) is 5.10 Å². The van der Waals surface area contributed by atoms with Crippen LogP contribution in [0.3, 0.4) is 0 Å². The van der Waals surface area contributed by atoms with Gasteiger partial charge in [0.15, 0.2) is 0 Å². The number of nitrogens with zero attached hydrogens (tertiary/aromatic N) is 1. The van der Waals surface area contributed by atoms with Crippen molar-refractivity contribution >= 4 is 11.6 Å². The lowest BCUT2D eigenvalue weighted by Gasteiger charge is -2.09. The van der Waals surface area contributed by atoms with Gasteiger partial charge < -0.3 is 5.11 Å². The summed E-state index contributed by atoms with van der Waals surface area (Å²) < 4.78 is 0. The number of nitrogens with one attached hydrogen (secondary N) is 1. The minimum absolute atomic E-state index is 0.0401.